The smallest absolute Gasteiger partial charge is 0.358 e. The summed E-state index contributed by atoms with van der Waals surface area (Å²) in [4.78, 5) is 19.7. The molecule has 0 aliphatic heterocycles. The molecule has 0 aliphatic rings. The van der Waals surface area contributed by atoms with Crippen LogP contribution in [0.2, 0.25) is 0 Å². The van der Waals surface area contributed by atoms with Crippen LogP contribution in [0.5, 0.6) is 0 Å². The van der Waals surface area contributed by atoms with Crippen LogP contribution in [0, 0.1) is 0 Å². The molecule has 0 radical (unpaired) electrons. The molecule has 0 spiro atoms. The Balaban J connectivity index is 2.30. The predicted octanol–water partition coefficient (Wildman–Crippen LogP) is 1.26. The number of rotatable bonds is 3. The molecule has 0 amide bonds. The van der Waals surface area contributed by atoms with Crippen molar-refractivity contribution < 1.29 is 9.53 Å². The van der Waals surface area contributed by atoms with Crippen molar-refractivity contribution in [2.24, 2.45) is 5.73 Å². The number of nitrogens with two attached hydrogens (primary N) is 1. The van der Waals surface area contributed by atoms with Gasteiger partial charge in [-0.25, -0.2) is 9.78 Å². The number of esters is 1. The number of carbonyl (C=O) groups is 1. The predicted molar refractivity (Wildman–Crippen MR) is 63.1 cm³/mol. The molecule has 2 aromatic rings. The molecule has 17 heavy (non-hydrogen) atoms. The first-order valence-electron chi connectivity index (χ1n) is 5.00. The van der Waals surface area contributed by atoms with Crippen LogP contribution in [0.25, 0.3) is 10.9 Å². The first-order chi connectivity index (χ1) is 8.20. The topological polar surface area (TPSA) is 78.1 Å². The van der Waals surface area contributed by atoms with Gasteiger partial charge in [-0.05, 0) is 24.3 Å². The molecule has 0 bridgehead atoms. The van der Waals surface area contributed by atoms with E-state index in [-0.39, 0.29) is 5.69 Å². The lowest BCUT2D eigenvalue weighted by atomic mass is 10.2. The van der Waals surface area contributed by atoms with E-state index in [1.165, 1.54) is 6.08 Å². The van der Waals surface area contributed by atoms with E-state index < -0.39 is 12.2 Å². The van der Waals surface area contributed by atoms with E-state index in [1.54, 1.807) is 30.6 Å². The second kappa shape index (κ2) is 4.71. The summed E-state index contributed by atoms with van der Waals surface area (Å²) in [7, 11) is 0. The van der Waals surface area contributed by atoms with Gasteiger partial charge in [0.05, 0.1) is 5.52 Å². The summed E-state index contributed by atoms with van der Waals surface area (Å²) in [6, 6.07) is 5.05. The van der Waals surface area contributed by atoms with E-state index in [0.29, 0.717) is 5.52 Å². The van der Waals surface area contributed by atoms with Gasteiger partial charge in [0.2, 0.25) is 0 Å². The SMILES string of the molecule is C=CC(N)OC(=O)c1ccc2cnccc2n1. The van der Waals surface area contributed by atoms with Crippen molar-refractivity contribution in [3.8, 4) is 0 Å². The van der Waals surface area contributed by atoms with Gasteiger partial charge in [-0.15, -0.1) is 0 Å². The van der Waals surface area contributed by atoms with Gasteiger partial charge in [-0.1, -0.05) is 6.58 Å². The zero-order chi connectivity index (χ0) is 12.3. The summed E-state index contributed by atoms with van der Waals surface area (Å²) < 4.78 is 4.88. The first-order valence-corrected chi connectivity index (χ1v) is 5.00. The second-order valence-electron chi connectivity index (χ2n) is 3.37. The van der Waals surface area contributed by atoms with Crippen molar-refractivity contribution in [1.82, 2.24) is 9.97 Å². The monoisotopic (exact) mass is 229 g/mol. The number of pyridine rings is 2. The standard InChI is InChI=1S/C12H11N3O2/c1-2-11(13)17-12(16)10-4-3-8-7-14-6-5-9(8)15-10/h2-7,11H,1,13H2. The Morgan fingerprint density at radius 1 is 1.47 bits per heavy atom. The molecular weight excluding hydrogens is 218 g/mol. The third-order valence-corrected chi connectivity index (χ3v) is 2.17. The van der Waals surface area contributed by atoms with Crippen LogP contribution >= 0.6 is 0 Å². The summed E-state index contributed by atoms with van der Waals surface area (Å²) in [5.41, 5.74) is 6.32. The van der Waals surface area contributed by atoms with Crippen molar-refractivity contribution in [1.29, 1.82) is 0 Å². The summed E-state index contributed by atoms with van der Waals surface area (Å²) in [6.45, 7) is 3.43. The fourth-order valence-electron chi connectivity index (χ4n) is 1.31. The molecule has 0 aromatic carbocycles. The van der Waals surface area contributed by atoms with Crippen molar-refractivity contribution in [2.45, 2.75) is 6.23 Å². The number of aromatic nitrogens is 2. The summed E-state index contributed by atoms with van der Waals surface area (Å²) >= 11 is 0. The number of nitrogens with zero attached hydrogens (tertiary/aromatic N) is 2. The third kappa shape index (κ3) is 2.46. The highest BCUT2D eigenvalue weighted by Gasteiger charge is 2.11. The van der Waals surface area contributed by atoms with E-state index in [1.807, 2.05) is 0 Å². The Kier molecular flexibility index (Phi) is 3.11. The maximum atomic E-state index is 11.6. The van der Waals surface area contributed by atoms with E-state index in [0.717, 1.165) is 5.39 Å². The minimum Gasteiger partial charge on any atom is -0.438 e. The zero-order valence-electron chi connectivity index (χ0n) is 9.04. The molecule has 2 aromatic heterocycles. The molecule has 2 heterocycles. The molecule has 5 heteroatoms. The molecule has 5 nitrogen and oxygen atoms in total. The lowest BCUT2D eigenvalue weighted by Crippen LogP contribution is -2.25. The first kappa shape index (κ1) is 11.2. The number of ether oxygens (including phenoxy) is 1. The number of carbonyl (C=O) groups excluding carboxylic acids is 1. The Labute approximate surface area is 97.9 Å². The van der Waals surface area contributed by atoms with Crippen LogP contribution in [0.3, 0.4) is 0 Å². The number of fused-ring (bicyclic) bond motifs is 1. The molecule has 0 saturated carbocycles. The van der Waals surface area contributed by atoms with E-state index in [9.17, 15) is 4.79 Å². The van der Waals surface area contributed by atoms with Crippen molar-refractivity contribution in [2.75, 3.05) is 0 Å². The van der Waals surface area contributed by atoms with Gasteiger partial charge in [-0.2, -0.15) is 0 Å². The fraction of sp³-hybridized carbons (Fsp3) is 0.0833. The molecular formula is C12H11N3O2. The summed E-state index contributed by atoms with van der Waals surface area (Å²) in [6.07, 6.45) is 3.80. The highest BCUT2D eigenvalue weighted by molar-refractivity contribution is 5.90. The van der Waals surface area contributed by atoms with Gasteiger partial charge < -0.3 is 4.74 Å². The van der Waals surface area contributed by atoms with Gasteiger partial charge in [0.15, 0.2) is 6.23 Å². The molecule has 2 rings (SSSR count). The van der Waals surface area contributed by atoms with Gasteiger partial charge in [0.1, 0.15) is 5.69 Å². The Morgan fingerprint density at radius 2 is 2.29 bits per heavy atom. The molecule has 86 valence electrons. The quantitative estimate of drug-likeness (QED) is 0.487. The number of hydrogen-bond donors (Lipinski definition) is 1. The van der Waals surface area contributed by atoms with Gasteiger partial charge in [-0.3, -0.25) is 10.7 Å². The van der Waals surface area contributed by atoms with Gasteiger partial charge >= 0.3 is 5.97 Å². The van der Waals surface area contributed by atoms with Crippen molar-refractivity contribution >= 4 is 16.9 Å². The number of hydrogen-bond acceptors (Lipinski definition) is 5. The van der Waals surface area contributed by atoms with Crippen LogP contribution in [-0.4, -0.2) is 22.2 Å². The highest BCUT2D eigenvalue weighted by atomic mass is 16.6. The Morgan fingerprint density at radius 3 is 3.06 bits per heavy atom. The fourth-order valence-corrected chi connectivity index (χ4v) is 1.31. The minimum absolute atomic E-state index is 0.209. The Bertz CT molecular complexity index is 568. The maximum absolute atomic E-state index is 11.6. The van der Waals surface area contributed by atoms with Crippen LogP contribution in [0.1, 0.15) is 10.5 Å². The second-order valence-corrected chi connectivity index (χ2v) is 3.37. The lowest BCUT2D eigenvalue weighted by molar-refractivity contribution is 0.0400. The van der Waals surface area contributed by atoms with Crippen LogP contribution in [0.4, 0.5) is 0 Å². The Hall–Kier alpha value is -2.27. The normalized spacial score (nSPS) is 12.1. The molecule has 0 saturated heterocycles. The van der Waals surface area contributed by atoms with Crippen molar-refractivity contribution in [3.05, 3.63) is 48.9 Å². The highest BCUT2D eigenvalue weighted by Crippen LogP contribution is 2.11. The summed E-state index contributed by atoms with van der Waals surface area (Å²) in [5, 5.41) is 0.858. The van der Waals surface area contributed by atoms with E-state index >= 15 is 0 Å². The van der Waals surface area contributed by atoms with Crippen LogP contribution in [-0.2, 0) is 4.74 Å². The average Bonchev–Trinajstić information content (AvgIpc) is 2.38. The third-order valence-electron chi connectivity index (χ3n) is 2.17. The van der Waals surface area contributed by atoms with E-state index in [4.69, 9.17) is 10.5 Å². The molecule has 1 unspecified atom stereocenters. The zero-order valence-corrected chi connectivity index (χ0v) is 9.04. The van der Waals surface area contributed by atoms with Crippen LogP contribution < -0.4 is 5.73 Å². The van der Waals surface area contributed by atoms with Crippen molar-refractivity contribution in [3.63, 3.8) is 0 Å². The van der Waals surface area contributed by atoms with Gasteiger partial charge in [0, 0.05) is 17.8 Å². The maximum Gasteiger partial charge on any atom is 0.358 e. The molecule has 2 N–H and O–H groups in total. The van der Waals surface area contributed by atoms with Crippen LogP contribution in [0.15, 0.2) is 43.2 Å². The summed E-state index contributed by atoms with van der Waals surface area (Å²) in [5.74, 6) is -0.573. The largest absolute Gasteiger partial charge is 0.438 e. The average molecular weight is 229 g/mol. The van der Waals surface area contributed by atoms with Gasteiger partial charge in [0.25, 0.3) is 0 Å². The molecule has 1 atom stereocenters. The molecule has 0 fully saturated rings. The van der Waals surface area contributed by atoms with E-state index in [2.05, 4.69) is 16.5 Å². The minimum atomic E-state index is -0.822. The lowest BCUT2D eigenvalue weighted by Gasteiger charge is -2.08. The molecule has 0 aliphatic carbocycles.